The van der Waals surface area contributed by atoms with Crippen molar-refractivity contribution in [2.45, 2.75) is 19.4 Å². The molecule has 112 valence electrons. The van der Waals surface area contributed by atoms with Gasteiger partial charge in [-0.3, -0.25) is 0 Å². The van der Waals surface area contributed by atoms with E-state index in [0.29, 0.717) is 0 Å². The third-order valence-electron chi connectivity index (χ3n) is 3.38. The van der Waals surface area contributed by atoms with Gasteiger partial charge in [0.2, 0.25) is 0 Å². The molecular formula is C17H19BrClNO. The molecule has 21 heavy (non-hydrogen) atoms. The lowest BCUT2D eigenvalue weighted by Gasteiger charge is -2.20. The summed E-state index contributed by atoms with van der Waals surface area (Å²) in [5, 5.41) is 4.30. The highest BCUT2D eigenvalue weighted by Gasteiger charge is 2.15. The van der Waals surface area contributed by atoms with Crippen LogP contribution in [0.4, 0.5) is 0 Å². The summed E-state index contributed by atoms with van der Waals surface area (Å²) in [6, 6.07) is 14.3. The van der Waals surface area contributed by atoms with Gasteiger partial charge in [0, 0.05) is 15.5 Å². The van der Waals surface area contributed by atoms with Gasteiger partial charge in [0.1, 0.15) is 5.75 Å². The van der Waals surface area contributed by atoms with E-state index >= 15 is 0 Å². The molecule has 0 aliphatic heterocycles. The van der Waals surface area contributed by atoms with Crippen molar-refractivity contribution in [2.24, 2.45) is 0 Å². The molecule has 0 saturated heterocycles. The third kappa shape index (κ3) is 4.47. The van der Waals surface area contributed by atoms with Gasteiger partial charge in [-0.1, -0.05) is 46.6 Å². The van der Waals surface area contributed by atoms with E-state index in [1.54, 1.807) is 7.11 Å². The van der Waals surface area contributed by atoms with E-state index in [9.17, 15) is 0 Å². The van der Waals surface area contributed by atoms with Gasteiger partial charge >= 0.3 is 0 Å². The van der Waals surface area contributed by atoms with Gasteiger partial charge in [0.25, 0.3) is 0 Å². The maximum Gasteiger partial charge on any atom is 0.118 e. The number of nitrogens with one attached hydrogen (secondary N) is 1. The molecule has 0 saturated carbocycles. The summed E-state index contributed by atoms with van der Waals surface area (Å²) >= 11 is 9.88. The topological polar surface area (TPSA) is 21.3 Å². The quantitative estimate of drug-likeness (QED) is 0.774. The normalized spacial score (nSPS) is 12.2. The monoisotopic (exact) mass is 367 g/mol. The molecular weight excluding hydrogens is 350 g/mol. The first-order chi connectivity index (χ1) is 10.1. The zero-order valence-corrected chi connectivity index (χ0v) is 14.5. The second-order valence-corrected chi connectivity index (χ2v) is 6.15. The lowest BCUT2D eigenvalue weighted by atomic mass is 9.98. The molecule has 2 aromatic rings. The Bertz CT molecular complexity index is 586. The summed E-state index contributed by atoms with van der Waals surface area (Å²) in [4.78, 5) is 0. The van der Waals surface area contributed by atoms with Crippen molar-refractivity contribution < 1.29 is 4.74 Å². The van der Waals surface area contributed by atoms with Crippen LogP contribution in [0.2, 0.25) is 5.02 Å². The van der Waals surface area contributed by atoms with Crippen LogP contribution in [0.3, 0.4) is 0 Å². The summed E-state index contributed by atoms with van der Waals surface area (Å²) in [6.45, 7) is 3.00. The van der Waals surface area contributed by atoms with E-state index in [0.717, 1.165) is 33.8 Å². The maximum atomic E-state index is 6.36. The minimum Gasteiger partial charge on any atom is -0.497 e. The molecule has 1 N–H and O–H groups in total. The second kappa shape index (κ2) is 7.83. The van der Waals surface area contributed by atoms with Gasteiger partial charge in [-0.25, -0.2) is 0 Å². The zero-order valence-electron chi connectivity index (χ0n) is 12.2. The molecule has 2 aromatic carbocycles. The van der Waals surface area contributed by atoms with Crippen molar-refractivity contribution in [1.29, 1.82) is 0 Å². The molecule has 0 heterocycles. The highest BCUT2D eigenvalue weighted by Crippen LogP contribution is 2.29. The number of rotatable bonds is 6. The molecule has 0 spiro atoms. The lowest BCUT2D eigenvalue weighted by Crippen LogP contribution is -2.23. The molecule has 2 nitrogen and oxygen atoms in total. The summed E-state index contributed by atoms with van der Waals surface area (Å²) in [5.41, 5.74) is 2.36. The number of benzene rings is 2. The summed E-state index contributed by atoms with van der Waals surface area (Å²) in [6.07, 6.45) is 0.883. The Kier molecular flexibility index (Phi) is 6.09. The van der Waals surface area contributed by atoms with Gasteiger partial charge in [-0.05, 0) is 54.4 Å². The Labute approximate surface area is 139 Å². The molecule has 0 aliphatic carbocycles. The Morgan fingerprint density at radius 3 is 2.52 bits per heavy atom. The zero-order chi connectivity index (χ0) is 15.2. The molecule has 0 aromatic heterocycles. The first kappa shape index (κ1) is 16.3. The van der Waals surface area contributed by atoms with Gasteiger partial charge in [0.15, 0.2) is 0 Å². The fourth-order valence-corrected chi connectivity index (χ4v) is 2.95. The molecule has 0 aliphatic rings. The molecule has 0 bridgehead atoms. The average molecular weight is 369 g/mol. The van der Waals surface area contributed by atoms with Crippen molar-refractivity contribution in [1.82, 2.24) is 5.32 Å². The molecule has 1 unspecified atom stereocenters. The maximum absolute atomic E-state index is 6.36. The van der Waals surface area contributed by atoms with Crippen molar-refractivity contribution in [3.8, 4) is 5.75 Å². The van der Waals surface area contributed by atoms with Crippen molar-refractivity contribution in [3.05, 3.63) is 63.1 Å². The predicted octanol–water partition coefficient (Wildman–Crippen LogP) is 5.00. The van der Waals surface area contributed by atoms with Crippen LogP contribution in [0, 0.1) is 0 Å². The number of ether oxygens (including phenoxy) is 1. The fraction of sp³-hybridized carbons (Fsp3) is 0.294. The molecule has 4 heteroatoms. The second-order valence-electron chi connectivity index (χ2n) is 4.83. The molecule has 2 rings (SSSR count). The summed E-state index contributed by atoms with van der Waals surface area (Å²) in [5.74, 6) is 0.874. The largest absolute Gasteiger partial charge is 0.497 e. The Morgan fingerprint density at radius 2 is 1.90 bits per heavy atom. The van der Waals surface area contributed by atoms with Crippen LogP contribution in [-0.2, 0) is 6.42 Å². The smallest absolute Gasteiger partial charge is 0.118 e. The van der Waals surface area contributed by atoms with E-state index in [-0.39, 0.29) is 6.04 Å². The van der Waals surface area contributed by atoms with Crippen molar-refractivity contribution in [2.75, 3.05) is 13.7 Å². The summed E-state index contributed by atoms with van der Waals surface area (Å²) in [7, 11) is 1.68. The van der Waals surface area contributed by atoms with Crippen LogP contribution in [0.5, 0.6) is 5.75 Å². The van der Waals surface area contributed by atoms with Crippen LogP contribution in [0.1, 0.15) is 24.1 Å². The minimum absolute atomic E-state index is 0.188. The van der Waals surface area contributed by atoms with E-state index in [2.05, 4.69) is 46.4 Å². The molecule has 0 fully saturated rings. The summed E-state index contributed by atoms with van der Waals surface area (Å²) < 4.78 is 6.24. The Balaban J connectivity index is 2.23. The minimum atomic E-state index is 0.188. The van der Waals surface area contributed by atoms with Gasteiger partial charge in [-0.15, -0.1) is 0 Å². The van der Waals surface area contributed by atoms with E-state index in [1.165, 1.54) is 5.56 Å². The highest BCUT2D eigenvalue weighted by atomic mass is 79.9. The average Bonchev–Trinajstić information content (AvgIpc) is 2.50. The molecule has 1 atom stereocenters. The lowest BCUT2D eigenvalue weighted by molar-refractivity contribution is 0.414. The number of methoxy groups -OCH3 is 1. The molecule has 0 radical (unpaired) electrons. The third-order valence-corrected chi connectivity index (χ3v) is 4.22. The Hall–Kier alpha value is -1.03. The van der Waals surface area contributed by atoms with Gasteiger partial charge in [0.05, 0.1) is 7.11 Å². The number of hydrogen-bond acceptors (Lipinski definition) is 2. The van der Waals surface area contributed by atoms with Crippen molar-refractivity contribution in [3.63, 3.8) is 0 Å². The number of hydrogen-bond donors (Lipinski definition) is 1. The van der Waals surface area contributed by atoms with Gasteiger partial charge in [-0.2, -0.15) is 0 Å². The van der Waals surface area contributed by atoms with Crippen LogP contribution in [-0.4, -0.2) is 13.7 Å². The van der Waals surface area contributed by atoms with Crippen LogP contribution >= 0.6 is 27.5 Å². The van der Waals surface area contributed by atoms with Gasteiger partial charge < -0.3 is 10.1 Å². The van der Waals surface area contributed by atoms with Crippen LogP contribution < -0.4 is 10.1 Å². The van der Waals surface area contributed by atoms with E-state index in [4.69, 9.17) is 16.3 Å². The Morgan fingerprint density at radius 1 is 1.19 bits per heavy atom. The first-order valence-electron chi connectivity index (χ1n) is 6.95. The van der Waals surface area contributed by atoms with Crippen LogP contribution in [0.25, 0.3) is 0 Å². The van der Waals surface area contributed by atoms with E-state index in [1.807, 2.05) is 24.3 Å². The SMILES string of the molecule is CCNC(Cc1ccc(OC)cc1)c1cc(Br)ccc1Cl. The van der Waals surface area contributed by atoms with Crippen LogP contribution in [0.15, 0.2) is 46.9 Å². The predicted molar refractivity (Wildman–Crippen MR) is 92.3 cm³/mol. The fourth-order valence-electron chi connectivity index (χ4n) is 2.32. The number of halogens is 2. The molecule has 0 amide bonds. The first-order valence-corrected chi connectivity index (χ1v) is 8.12. The highest BCUT2D eigenvalue weighted by molar-refractivity contribution is 9.10. The van der Waals surface area contributed by atoms with E-state index < -0.39 is 0 Å². The van der Waals surface area contributed by atoms with Crippen molar-refractivity contribution >= 4 is 27.5 Å². The number of likely N-dealkylation sites (N-methyl/N-ethyl adjacent to an activating group) is 1. The standard InChI is InChI=1S/C17H19BrClNO/c1-3-20-17(15-11-13(18)6-9-16(15)19)10-12-4-7-14(21-2)8-5-12/h4-9,11,17,20H,3,10H2,1-2H3.